The van der Waals surface area contributed by atoms with Gasteiger partial charge in [-0.25, -0.2) is 0 Å². The van der Waals surface area contributed by atoms with Gasteiger partial charge in [-0.15, -0.1) is 0 Å². The van der Waals surface area contributed by atoms with E-state index in [-0.39, 0.29) is 0 Å². The molecule has 0 aromatic rings. The summed E-state index contributed by atoms with van der Waals surface area (Å²) in [5, 5.41) is 0. The molecule has 0 amide bonds. The van der Waals surface area contributed by atoms with E-state index in [0.717, 1.165) is 10.9 Å². The van der Waals surface area contributed by atoms with E-state index in [4.69, 9.17) is 0 Å². The lowest BCUT2D eigenvalue weighted by Gasteiger charge is -2.19. The van der Waals surface area contributed by atoms with Crippen LogP contribution in [0.5, 0.6) is 0 Å². The summed E-state index contributed by atoms with van der Waals surface area (Å²) >= 11 is 3.41. The molecule has 0 aromatic carbocycles. The molecule has 64 valence electrons. The van der Waals surface area contributed by atoms with Gasteiger partial charge in [-0.3, -0.25) is 0 Å². The Morgan fingerprint density at radius 1 is 1.58 bits per heavy atom. The Morgan fingerprint density at radius 2 is 2.33 bits per heavy atom. The first-order valence-corrected chi connectivity index (χ1v) is 4.73. The Morgan fingerprint density at radius 3 is 2.92 bits per heavy atom. The first-order chi connectivity index (χ1) is 5.77. The van der Waals surface area contributed by atoms with Gasteiger partial charge in [0.1, 0.15) is 0 Å². The topological polar surface area (TPSA) is 3.24 Å². The van der Waals surface area contributed by atoms with Gasteiger partial charge in [0.15, 0.2) is 0 Å². The lowest BCUT2D eigenvalue weighted by Crippen LogP contribution is -2.09. The third-order valence-corrected chi connectivity index (χ3v) is 2.05. The van der Waals surface area contributed by atoms with E-state index in [1.54, 1.807) is 6.20 Å². The second-order valence-corrected chi connectivity index (χ2v) is 3.39. The minimum absolute atomic E-state index is 1.04. The molecule has 0 bridgehead atoms. The van der Waals surface area contributed by atoms with E-state index in [0.29, 0.717) is 0 Å². The summed E-state index contributed by atoms with van der Waals surface area (Å²) in [5.41, 5.74) is 1.18. The highest BCUT2D eigenvalue weighted by molar-refractivity contribution is 9.11. The number of hydrogen-bond acceptors (Lipinski definition) is 1. The minimum atomic E-state index is 1.04. The van der Waals surface area contributed by atoms with Gasteiger partial charge in [-0.1, -0.05) is 19.6 Å². The Kier molecular flexibility index (Phi) is 3.35. The molecule has 0 saturated heterocycles. The molecule has 12 heavy (non-hydrogen) atoms. The van der Waals surface area contributed by atoms with Gasteiger partial charge in [0, 0.05) is 22.6 Å². The van der Waals surface area contributed by atoms with Crippen LogP contribution in [-0.2, 0) is 0 Å². The summed E-state index contributed by atoms with van der Waals surface area (Å²) in [6.45, 7) is 5.86. The fourth-order valence-electron chi connectivity index (χ4n) is 1.04. The molecule has 0 spiro atoms. The smallest absolute Gasteiger partial charge is 0.0409 e. The van der Waals surface area contributed by atoms with Gasteiger partial charge < -0.3 is 4.90 Å². The molecule has 1 heterocycles. The highest BCUT2D eigenvalue weighted by Gasteiger charge is 2.04. The fraction of sp³-hybridized carbons (Fsp3) is 0.200. The zero-order valence-electron chi connectivity index (χ0n) is 7.13. The monoisotopic (exact) mass is 225 g/mol. The number of hydrogen-bond donors (Lipinski definition) is 0. The molecule has 0 radical (unpaired) electrons. The van der Waals surface area contributed by atoms with Crippen molar-refractivity contribution >= 4 is 15.9 Å². The van der Waals surface area contributed by atoms with Gasteiger partial charge in [0.25, 0.3) is 0 Å². The van der Waals surface area contributed by atoms with Gasteiger partial charge >= 0.3 is 0 Å². The highest BCUT2D eigenvalue weighted by Crippen LogP contribution is 2.20. The predicted molar refractivity (Wildman–Crippen MR) is 56.6 cm³/mol. The summed E-state index contributed by atoms with van der Waals surface area (Å²) in [6, 6.07) is 0. The third-order valence-electron chi connectivity index (χ3n) is 1.58. The van der Waals surface area contributed by atoms with Crippen LogP contribution in [0.1, 0.15) is 13.3 Å². The quantitative estimate of drug-likeness (QED) is 0.696. The van der Waals surface area contributed by atoms with E-state index in [1.165, 1.54) is 5.70 Å². The Balaban J connectivity index is 2.87. The van der Waals surface area contributed by atoms with Crippen LogP contribution in [0.2, 0.25) is 0 Å². The lowest BCUT2D eigenvalue weighted by atomic mass is 10.2. The summed E-state index contributed by atoms with van der Waals surface area (Å²) in [5.74, 6) is 0. The van der Waals surface area contributed by atoms with Gasteiger partial charge in [-0.2, -0.15) is 0 Å². The number of nitrogens with zero attached hydrogens (tertiary/aromatic N) is 1. The van der Waals surface area contributed by atoms with Gasteiger partial charge in [-0.05, 0) is 34.5 Å². The van der Waals surface area contributed by atoms with Crippen molar-refractivity contribution in [2.75, 3.05) is 0 Å². The molecule has 1 rings (SSSR count). The first-order valence-electron chi connectivity index (χ1n) is 3.94. The summed E-state index contributed by atoms with van der Waals surface area (Å²) < 4.78 is 1.07. The van der Waals surface area contributed by atoms with Crippen molar-refractivity contribution in [2.24, 2.45) is 0 Å². The minimum Gasteiger partial charge on any atom is -0.324 e. The van der Waals surface area contributed by atoms with Crippen LogP contribution in [0.25, 0.3) is 0 Å². The third kappa shape index (κ3) is 2.11. The van der Waals surface area contributed by atoms with Crippen molar-refractivity contribution in [3.63, 3.8) is 0 Å². The second-order valence-electron chi connectivity index (χ2n) is 2.47. The molecule has 0 aromatic heterocycles. The Labute approximate surface area is 81.9 Å². The van der Waals surface area contributed by atoms with Crippen LogP contribution in [0.15, 0.2) is 47.4 Å². The van der Waals surface area contributed by atoms with Crippen LogP contribution in [0, 0.1) is 0 Å². The van der Waals surface area contributed by atoms with Crippen molar-refractivity contribution in [2.45, 2.75) is 13.3 Å². The van der Waals surface area contributed by atoms with Crippen molar-refractivity contribution < 1.29 is 0 Å². The maximum atomic E-state index is 3.74. The maximum Gasteiger partial charge on any atom is 0.0409 e. The molecule has 0 aliphatic carbocycles. The maximum absolute atomic E-state index is 3.74. The van der Waals surface area contributed by atoms with Crippen LogP contribution >= 0.6 is 15.9 Å². The molecular formula is C10H12BrN. The number of rotatable bonds is 2. The SMILES string of the molecule is C=CN1C=C(Br)C=C/C1=C/CC. The molecule has 0 fully saturated rings. The number of allylic oxidation sites excluding steroid dienone is 4. The van der Waals surface area contributed by atoms with E-state index >= 15 is 0 Å². The molecule has 0 saturated carbocycles. The molecule has 0 unspecified atom stereocenters. The van der Waals surface area contributed by atoms with E-state index in [2.05, 4.69) is 41.6 Å². The first kappa shape index (κ1) is 9.33. The van der Waals surface area contributed by atoms with Gasteiger partial charge in [0.05, 0.1) is 0 Å². The summed E-state index contributed by atoms with van der Waals surface area (Å²) in [7, 11) is 0. The molecule has 1 nitrogen and oxygen atoms in total. The largest absolute Gasteiger partial charge is 0.324 e. The second kappa shape index (κ2) is 4.31. The van der Waals surface area contributed by atoms with Crippen molar-refractivity contribution in [1.29, 1.82) is 0 Å². The summed E-state index contributed by atoms with van der Waals surface area (Å²) in [6.07, 6.45) is 11.1. The zero-order valence-corrected chi connectivity index (χ0v) is 8.71. The van der Waals surface area contributed by atoms with E-state index < -0.39 is 0 Å². The van der Waals surface area contributed by atoms with Crippen molar-refractivity contribution in [3.05, 3.63) is 47.4 Å². The molecular weight excluding hydrogens is 214 g/mol. The van der Waals surface area contributed by atoms with Crippen LogP contribution < -0.4 is 0 Å². The molecule has 2 heteroatoms. The van der Waals surface area contributed by atoms with E-state index in [9.17, 15) is 0 Å². The Bertz CT molecular complexity index is 261. The molecule has 1 aliphatic heterocycles. The van der Waals surface area contributed by atoms with Crippen LogP contribution in [0.4, 0.5) is 0 Å². The van der Waals surface area contributed by atoms with Crippen LogP contribution in [0.3, 0.4) is 0 Å². The fourth-order valence-corrected chi connectivity index (χ4v) is 1.39. The lowest BCUT2D eigenvalue weighted by molar-refractivity contribution is 0.642. The average molecular weight is 226 g/mol. The standard InChI is InChI=1S/C10H12BrN/c1-3-5-10-7-6-9(11)8-12(10)4-2/h4-8H,2-3H2,1H3/b10-5-. The highest BCUT2D eigenvalue weighted by atomic mass is 79.9. The molecule has 1 aliphatic rings. The predicted octanol–water partition coefficient (Wildman–Crippen LogP) is 3.53. The summed E-state index contributed by atoms with van der Waals surface area (Å²) in [4.78, 5) is 1.99. The van der Waals surface area contributed by atoms with Crippen molar-refractivity contribution in [1.82, 2.24) is 4.90 Å². The normalized spacial score (nSPS) is 19.7. The average Bonchev–Trinajstić information content (AvgIpc) is 2.08. The van der Waals surface area contributed by atoms with Gasteiger partial charge in [0.2, 0.25) is 0 Å². The number of halogens is 1. The van der Waals surface area contributed by atoms with E-state index in [1.807, 2.05) is 17.2 Å². The Hall–Kier alpha value is -0.760. The zero-order chi connectivity index (χ0) is 8.97. The molecule has 0 N–H and O–H groups in total. The van der Waals surface area contributed by atoms with Crippen molar-refractivity contribution in [3.8, 4) is 0 Å². The molecule has 0 atom stereocenters. The van der Waals surface area contributed by atoms with Crippen LogP contribution in [-0.4, -0.2) is 4.90 Å².